The molecule has 0 bridgehead atoms. The fourth-order valence-corrected chi connectivity index (χ4v) is 20.2. The van der Waals surface area contributed by atoms with E-state index in [0.29, 0.717) is 25.7 Å². The van der Waals surface area contributed by atoms with Gasteiger partial charge in [-0.05, 0) is 123 Å². The predicted octanol–water partition coefficient (Wildman–Crippen LogP) is -5.23. The average molecular weight is 1500 g/mol. The highest BCUT2D eigenvalue weighted by atomic mass is 16.8. The molecule has 0 radical (unpaired) electrons. The van der Waals surface area contributed by atoms with Gasteiger partial charge in [0.2, 0.25) is 6.29 Å². The van der Waals surface area contributed by atoms with Gasteiger partial charge in [0, 0.05) is 0 Å². The SMILES string of the molecule is C[C@@H]1O[C@@H](OC[C@H]2O[C@@H](O[C@H]3[C@H](O)[C@@H](O)[C@H](O[C@@H]4CO[C@@H](O[C@@H]5[C@@H](O)[C@H](C)O[C@@H](O[C@H]6[C@H](O[C@H]7CC[C@]8(C)[C@H]9CC=C%10[C@@H]%11CC(C)(C)CC[C@]%11(C(=O)O[C@@H]%11O[C@H](CO)[C@@H](O)[C@H](O)[C@H]%11O)CC[C@@]%10(C)[C@]9(C)CC[C@H]8C7(C)C)OC[C@H](O)[C@@H]6O)[C@@H]5O)[C@H](O)[C@@H]4O)O[C@@H]3CO)[C@H](O)[C@@H](O)[C@@H]2O)[C@H](O)[C@H](O)[C@H]1O. The molecule has 598 valence electrons. The minimum atomic E-state index is -2.07. The van der Waals surface area contributed by atoms with E-state index < -0.39 is 252 Å². The van der Waals surface area contributed by atoms with Gasteiger partial charge in [-0.2, -0.15) is 0 Å². The van der Waals surface area contributed by atoms with Crippen molar-refractivity contribution in [1.29, 1.82) is 0 Å². The van der Waals surface area contributed by atoms with Crippen molar-refractivity contribution >= 4 is 5.97 Å². The number of ether oxygens (including phenoxy) is 14. The number of fused-ring (bicyclic) bond motifs is 7. The summed E-state index contributed by atoms with van der Waals surface area (Å²) < 4.78 is 82.9. The minimum absolute atomic E-state index is 0.0981. The van der Waals surface area contributed by atoms with Gasteiger partial charge >= 0.3 is 5.97 Å². The van der Waals surface area contributed by atoms with Crippen LogP contribution in [0.3, 0.4) is 0 Å². The Balaban J connectivity index is 0.669. The van der Waals surface area contributed by atoms with Gasteiger partial charge in [0.05, 0.1) is 56.8 Å². The molecule has 0 amide bonds. The van der Waals surface area contributed by atoms with Crippen LogP contribution in [0, 0.1) is 50.2 Å². The van der Waals surface area contributed by atoms with Crippen molar-refractivity contribution in [2.75, 3.05) is 33.0 Å². The van der Waals surface area contributed by atoms with Gasteiger partial charge in [0.25, 0.3) is 0 Å². The second-order valence-corrected chi connectivity index (χ2v) is 33.8. The summed E-state index contributed by atoms with van der Waals surface area (Å²) in [5.74, 6) is -0.428. The van der Waals surface area contributed by atoms with E-state index in [4.69, 9.17) is 66.3 Å². The van der Waals surface area contributed by atoms with Crippen LogP contribution in [0.4, 0.5) is 0 Å². The lowest BCUT2D eigenvalue weighted by Gasteiger charge is -2.71. The first kappa shape index (κ1) is 81.4. The van der Waals surface area contributed by atoms with E-state index in [1.54, 1.807) is 0 Å². The molecule has 7 aliphatic heterocycles. The molecule has 11 fully saturated rings. The third kappa shape index (κ3) is 14.3. The van der Waals surface area contributed by atoms with Gasteiger partial charge < -0.3 is 163 Å². The Hall–Kier alpha value is -2.07. The van der Waals surface area contributed by atoms with Crippen molar-refractivity contribution in [2.24, 2.45) is 50.2 Å². The first-order valence-electron chi connectivity index (χ1n) is 36.9. The number of esters is 1. The average Bonchev–Trinajstić information content (AvgIpc) is 0.674. The molecule has 104 heavy (non-hydrogen) atoms. The number of hydrogen-bond acceptors (Lipinski definition) is 34. The predicted molar refractivity (Wildman–Crippen MR) is 346 cm³/mol. The summed E-state index contributed by atoms with van der Waals surface area (Å²) in [4.78, 5) is 14.9. The maximum atomic E-state index is 14.9. The summed E-state index contributed by atoms with van der Waals surface area (Å²) in [5, 5.41) is 207. The number of aliphatic hydroxyl groups is 19. The van der Waals surface area contributed by atoms with Crippen LogP contribution < -0.4 is 0 Å². The monoisotopic (exact) mass is 1500 g/mol. The highest BCUT2D eigenvalue weighted by Gasteiger charge is 2.71. The molecule has 0 unspecified atom stereocenters. The fraction of sp³-hybridized carbons (Fsp3) is 0.957. The van der Waals surface area contributed by atoms with Crippen LogP contribution in [0.1, 0.15) is 127 Å². The third-order valence-corrected chi connectivity index (χ3v) is 26.9. The van der Waals surface area contributed by atoms with E-state index in [-0.39, 0.29) is 46.0 Å². The van der Waals surface area contributed by atoms with Crippen molar-refractivity contribution in [3.05, 3.63) is 11.6 Å². The van der Waals surface area contributed by atoms with Crippen molar-refractivity contribution in [3.63, 3.8) is 0 Å². The maximum Gasteiger partial charge on any atom is 0.315 e. The van der Waals surface area contributed by atoms with Crippen LogP contribution in [0.15, 0.2) is 11.6 Å². The Bertz CT molecular complexity index is 2950. The van der Waals surface area contributed by atoms with Crippen LogP contribution in [0.2, 0.25) is 0 Å². The lowest BCUT2D eigenvalue weighted by Crippen LogP contribution is -2.66. The Morgan fingerprint density at radius 1 is 0.462 bits per heavy atom. The lowest BCUT2D eigenvalue weighted by molar-refractivity contribution is -0.387. The number of allylic oxidation sites excluding steroid dienone is 2. The fourth-order valence-electron chi connectivity index (χ4n) is 20.2. The van der Waals surface area contributed by atoms with Crippen LogP contribution in [-0.4, -0.2) is 345 Å². The van der Waals surface area contributed by atoms with Crippen molar-refractivity contribution in [1.82, 2.24) is 0 Å². The molecule has 7 heterocycles. The van der Waals surface area contributed by atoms with Crippen molar-refractivity contribution < 1.29 is 168 Å². The molecule has 0 aromatic heterocycles. The molecule has 34 heteroatoms. The van der Waals surface area contributed by atoms with Gasteiger partial charge in [-0.3, -0.25) is 4.79 Å². The lowest BCUT2D eigenvalue weighted by atomic mass is 9.33. The summed E-state index contributed by atoms with van der Waals surface area (Å²) in [6.45, 7) is 15.6. The van der Waals surface area contributed by atoms with Gasteiger partial charge in [0.15, 0.2) is 37.7 Å². The Morgan fingerprint density at radius 3 is 1.70 bits per heavy atom. The number of carbonyl (C=O) groups is 1. The molecule has 34 nitrogen and oxygen atoms in total. The van der Waals surface area contributed by atoms with Crippen molar-refractivity contribution in [3.8, 4) is 0 Å². The van der Waals surface area contributed by atoms with E-state index >= 15 is 0 Å². The zero-order chi connectivity index (χ0) is 75.7. The summed E-state index contributed by atoms with van der Waals surface area (Å²) >= 11 is 0. The first-order chi connectivity index (χ1) is 48.8. The Morgan fingerprint density at radius 2 is 1.01 bits per heavy atom. The second kappa shape index (κ2) is 30.8. The summed E-state index contributed by atoms with van der Waals surface area (Å²) in [6, 6.07) is 0. The van der Waals surface area contributed by atoms with E-state index in [9.17, 15) is 102 Å². The molecule has 12 rings (SSSR count). The molecule has 12 aliphatic rings. The van der Waals surface area contributed by atoms with E-state index in [1.807, 2.05) is 0 Å². The zero-order valence-electron chi connectivity index (χ0n) is 60.2. The molecule has 0 aromatic rings. The summed E-state index contributed by atoms with van der Waals surface area (Å²) in [5.41, 5.74) is -1.13. The highest BCUT2D eigenvalue weighted by molar-refractivity contribution is 5.79. The molecule has 0 spiro atoms. The molecule has 41 atom stereocenters. The largest absolute Gasteiger partial charge is 0.432 e. The first-order valence-corrected chi connectivity index (χ1v) is 36.9. The molecule has 4 saturated carbocycles. The van der Waals surface area contributed by atoms with Crippen LogP contribution >= 0.6 is 0 Å². The highest BCUT2D eigenvalue weighted by Crippen LogP contribution is 2.76. The summed E-state index contributed by atoms with van der Waals surface area (Å²) in [7, 11) is 0. The summed E-state index contributed by atoms with van der Waals surface area (Å²) in [6.07, 6.45) is -46.6. The Labute approximate surface area is 602 Å². The van der Waals surface area contributed by atoms with Gasteiger partial charge in [-0.15, -0.1) is 0 Å². The van der Waals surface area contributed by atoms with E-state index in [2.05, 4.69) is 54.5 Å². The second-order valence-electron chi connectivity index (χ2n) is 33.8. The topological polar surface area (TPSA) is 531 Å². The third-order valence-electron chi connectivity index (χ3n) is 26.9. The number of hydrogen-bond donors (Lipinski definition) is 19. The van der Waals surface area contributed by atoms with Crippen LogP contribution in [0.5, 0.6) is 0 Å². The molecule has 5 aliphatic carbocycles. The van der Waals surface area contributed by atoms with E-state index in [0.717, 1.165) is 38.5 Å². The van der Waals surface area contributed by atoms with Gasteiger partial charge in [-0.25, -0.2) is 0 Å². The number of rotatable bonds is 17. The molecule has 0 aromatic carbocycles. The van der Waals surface area contributed by atoms with E-state index in [1.165, 1.54) is 19.4 Å². The van der Waals surface area contributed by atoms with Crippen LogP contribution in [0.25, 0.3) is 0 Å². The molecular formula is C70H114O34. The minimum Gasteiger partial charge on any atom is -0.432 e. The maximum absolute atomic E-state index is 14.9. The smallest absolute Gasteiger partial charge is 0.315 e. The van der Waals surface area contributed by atoms with Crippen LogP contribution in [-0.2, 0) is 71.1 Å². The van der Waals surface area contributed by atoms with Gasteiger partial charge in [0.1, 0.15) is 146 Å². The van der Waals surface area contributed by atoms with Crippen molar-refractivity contribution in [2.45, 2.75) is 335 Å². The molecular weight excluding hydrogens is 1380 g/mol. The number of aliphatic hydroxyl groups excluding tert-OH is 19. The van der Waals surface area contributed by atoms with Gasteiger partial charge in [-0.1, -0.05) is 60.1 Å². The molecule has 19 N–H and O–H groups in total. The molecule has 7 saturated heterocycles. The normalized spacial score (nSPS) is 54.7. The number of carbonyl (C=O) groups excluding carboxylic acids is 1. The standard InChI is InChI=1S/C70H114O34/c1-26-38(74)44(80)49(85)57(94-26)92-24-33-42(78)46(82)50(86)60(99-33)101-54-32(22-72)97-59(52(88)47(54)83)98-34-25-93-58(48(84)43(34)79)102-55-39(75)27(2)95-62(53(55)89)103-56-40(76)30(73)23-91-63(56)100-37-13-14-67(7)35(66(37,5)6)12-15-69(9)36(67)11-10-28-29-20-65(3,4)16-18-70(29,19-17-68(28,69)8)64(90)104-61-51(87)45(81)41(77)31(21-71)96-61/h10,26-27,29-63,71-89H,11-25H2,1-9H3/t26-,27-,29-,30-,31+,32+,33+,34+,35-,36+,37-,38-,39-,40-,41+,42+,43+,44+,45-,46-,47+,48+,49+,50+,51+,52+,53+,54+,55+,56+,57+,58-,59-,60-,61-,62-,63-,67-,68+,69+,70-/m0/s1. The quantitative estimate of drug-likeness (QED) is 0.0368. The zero-order valence-corrected chi connectivity index (χ0v) is 60.2. The Kier molecular flexibility index (Phi) is 24.1.